The van der Waals surface area contributed by atoms with Gasteiger partial charge in [0.05, 0.1) is 15.9 Å². The molecule has 3 heterocycles. The summed E-state index contributed by atoms with van der Waals surface area (Å²) in [7, 11) is -2.62. The smallest absolute Gasteiger partial charge is 0.168 e. The zero-order chi connectivity index (χ0) is 36.1. The molecular formula is C46H49NO2S3. The van der Waals surface area contributed by atoms with Gasteiger partial charge < -0.3 is 4.57 Å². The number of fused-ring (bicyclic) bond motifs is 5. The molecule has 3 nitrogen and oxygen atoms in total. The fraction of sp³-hybridized carbons (Fsp3) is 0.261. The van der Waals surface area contributed by atoms with Gasteiger partial charge in [-0.1, -0.05) is 107 Å². The van der Waals surface area contributed by atoms with Crippen molar-refractivity contribution in [1.82, 2.24) is 4.57 Å². The SMILES string of the molecule is CCCCCCc1ccc2c(c1)c1cc(CCCCCC)ccc1n2-c1cccc([SH](=O)=O)c1.c1ccc2sccc2c1.c1ccc2sccc2c1. The van der Waals surface area contributed by atoms with Crippen molar-refractivity contribution in [2.24, 2.45) is 0 Å². The van der Waals surface area contributed by atoms with Crippen LogP contribution in [0.3, 0.4) is 0 Å². The average Bonchev–Trinajstić information content (AvgIpc) is 3.93. The van der Waals surface area contributed by atoms with Crippen molar-refractivity contribution in [1.29, 1.82) is 0 Å². The van der Waals surface area contributed by atoms with E-state index in [2.05, 4.69) is 126 Å². The molecule has 268 valence electrons. The standard InChI is InChI=1S/C30H37NO2S.2C8H6S/c1-3-5-7-9-12-23-16-18-29-27(20-23)28-21-24(13-10-8-6-4-2)17-19-30(28)31(29)25-14-11-15-26(22-25)34(32)33;2*1-2-4-8-7(3-1)5-6-9-8/h11,14-22,34H,3-10,12-13H2,1-2H3;2*1-6H. The number of thiol groups is 1. The van der Waals surface area contributed by atoms with E-state index < -0.39 is 10.7 Å². The third kappa shape index (κ3) is 9.60. The lowest BCUT2D eigenvalue weighted by Gasteiger charge is -2.09. The fourth-order valence-corrected chi connectivity index (χ4v) is 8.80. The van der Waals surface area contributed by atoms with Crippen LogP contribution in [0.15, 0.2) is 137 Å². The minimum absolute atomic E-state index is 0.350. The minimum atomic E-state index is -2.62. The predicted octanol–water partition coefficient (Wildman–Crippen LogP) is 13.8. The normalized spacial score (nSPS) is 11.2. The van der Waals surface area contributed by atoms with Gasteiger partial charge in [0.15, 0.2) is 10.7 Å². The molecule has 0 amide bonds. The molecule has 0 saturated carbocycles. The van der Waals surface area contributed by atoms with Gasteiger partial charge >= 0.3 is 0 Å². The van der Waals surface area contributed by atoms with Crippen LogP contribution >= 0.6 is 22.7 Å². The number of rotatable bonds is 12. The Morgan fingerprint density at radius 1 is 0.519 bits per heavy atom. The number of benzene rings is 5. The molecule has 6 heteroatoms. The summed E-state index contributed by atoms with van der Waals surface area (Å²) in [5.74, 6) is 0. The predicted molar refractivity (Wildman–Crippen MR) is 229 cm³/mol. The van der Waals surface area contributed by atoms with Gasteiger partial charge in [-0.2, -0.15) is 0 Å². The summed E-state index contributed by atoms with van der Waals surface area (Å²) < 4.78 is 28.3. The number of hydrogen-bond donors (Lipinski definition) is 1. The van der Waals surface area contributed by atoms with Crippen LogP contribution in [0.4, 0.5) is 0 Å². The van der Waals surface area contributed by atoms with Crippen LogP contribution in [0.1, 0.15) is 76.3 Å². The third-order valence-electron chi connectivity index (χ3n) is 9.55. The van der Waals surface area contributed by atoms with E-state index in [1.54, 1.807) is 34.8 Å². The Morgan fingerprint density at radius 2 is 1.04 bits per heavy atom. The molecule has 0 spiro atoms. The van der Waals surface area contributed by atoms with E-state index in [1.165, 1.54) is 93.4 Å². The van der Waals surface area contributed by atoms with Crippen molar-refractivity contribution >= 4 is 75.4 Å². The summed E-state index contributed by atoms with van der Waals surface area (Å²) in [6, 6.07) is 42.0. The highest BCUT2D eigenvalue weighted by Gasteiger charge is 2.14. The van der Waals surface area contributed by atoms with Crippen molar-refractivity contribution in [3.8, 4) is 5.69 Å². The second-order valence-electron chi connectivity index (χ2n) is 13.4. The quantitative estimate of drug-likeness (QED) is 0.1000. The molecule has 8 aromatic rings. The van der Waals surface area contributed by atoms with Gasteiger partial charge in [-0.15, -0.1) is 22.7 Å². The van der Waals surface area contributed by atoms with Crippen LogP contribution in [0, 0.1) is 0 Å². The molecule has 0 aliphatic carbocycles. The lowest BCUT2D eigenvalue weighted by atomic mass is 10.0. The summed E-state index contributed by atoms with van der Waals surface area (Å²) in [4.78, 5) is 0.350. The molecule has 0 radical (unpaired) electrons. The molecule has 0 atom stereocenters. The molecule has 8 rings (SSSR count). The van der Waals surface area contributed by atoms with E-state index >= 15 is 0 Å². The van der Waals surface area contributed by atoms with E-state index in [1.807, 2.05) is 12.1 Å². The Labute approximate surface area is 318 Å². The Bertz CT molecular complexity index is 2210. The van der Waals surface area contributed by atoms with Gasteiger partial charge in [0.2, 0.25) is 0 Å². The summed E-state index contributed by atoms with van der Waals surface area (Å²) in [6.07, 6.45) is 12.3. The second-order valence-corrected chi connectivity index (χ2v) is 16.3. The van der Waals surface area contributed by atoms with Crippen LogP contribution in [-0.4, -0.2) is 13.0 Å². The fourth-order valence-electron chi connectivity index (χ4n) is 6.78. The van der Waals surface area contributed by atoms with Crippen molar-refractivity contribution < 1.29 is 8.42 Å². The lowest BCUT2D eigenvalue weighted by molar-refractivity contribution is 0.614. The van der Waals surface area contributed by atoms with Crippen LogP contribution in [0.2, 0.25) is 0 Å². The number of aryl methyl sites for hydroxylation is 2. The maximum Gasteiger partial charge on any atom is 0.168 e. The number of nitrogens with zero attached hydrogens (tertiary/aromatic N) is 1. The van der Waals surface area contributed by atoms with Gasteiger partial charge in [0.25, 0.3) is 0 Å². The molecule has 0 aliphatic rings. The first-order chi connectivity index (χ1) is 25.6. The minimum Gasteiger partial charge on any atom is -0.309 e. The highest BCUT2D eigenvalue weighted by Crippen LogP contribution is 2.34. The van der Waals surface area contributed by atoms with Crippen LogP contribution in [-0.2, 0) is 23.5 Å². The first-order valence-corrected chi connectivity index (χ1v) is 21.6. The zero-order valence-corrected chi connectivity index (χ0v) is 32.8. The van der Waals surface area contributed by atoms with Gasteiger partial charge in [-0.3, -0.25) is 0 Å². The summed E-state index contributed by atoms with van der Waals surface area (Å²) in [5, 5.41) is 9.45. The van der Waals surface area contributed by atoms with Gasteiger partial charge in [0, 0.05) is 25.9 Å². The molecule has 0 fully saturated rings. The van der Waals surface area contributed by atoms with Crippen molar-refractivity contribution in [2.75, 3.05) is 0 Å². The number of thiophene rings is 2. The molecule has 52 heavy (non-hydrogen) atoms. The molecule has 0 saturated heterocycles. The highest BCUT2D eigenvalue weighted by molar-refractivity contribution is 7.72. The zero-order valence-electron chi connectivity index (χ0n) is 30.3. The van der Waals surface area contributed by atoms with Crippen molar-refractivity contribution in [3.63, 3.8) is 0 Å². The highest BCUT2D eigenvalue weighted by atomic mass is 32.2. The topological polar surface area (TPSA) is 39.1 Å². The molecule has 0 N–H and O–H groups in total. The van der Waals surface area contributed by atoms with E-state index in [9.17, 15) is 8.42 Å². The van der Waals surface area contributed by atoms with E-state index in [-0.39, 0.29) is 0 Å². The van der Waals surface area contributed by atoms with Crippen LogP contribution in [0.5, 0.6) is 0 Å². The monoisotopic (exact) mass is 743 g/mol. The molecule has 0 aliphatic heterocycles. The van der Waals surface area contributed by atoms with Crippen LogP contribution in [0.25, 0.3) is 47.7 Å². The van der Waals surface area contributed by atoms with E-state index in [4.69, 9.17) is 0 Å². The second kappa shape index (κ2) is 19.0. The summed E-state index contributed by atoms with van der Waals surface area (Å²) >= 11 is 3.57. The Kier molecular flexibility index (Phi) is 13.7. The van der Waals surface area contributed by atoms with Gasteiger partial charge in [-0.25, -0.2) is 8.42 Å². The Hall–Kier alpha value is -4.23. The lowest BCUT2D eigenvalue weighted by Crippen LogP contribution is -1.95. The van der Waals surface area contributed by atoms with E-state index in [0.717, 1.165) is 29.6 Å². The maximum atomic E-state index is 11.7. The molecule has 3 aromatic heterocycles. The number of hydrogen-bond acceptors (Lipinski definition) is 4. The van der Waals surface area contributed by atoms with Crippen LogP contribution < -0.4 is 0 Å². The first-order valence-electron chi connectivity index (χ1n) is 18.7. The Balaban J connectivity index is 0.000000205. The number of aromatic nitrogens is 1. The maximum absolute atomic E-state index is 11.7. The molecule has 0 bridgehead atoms. The average molecular weight is 744 g/mol. The molecule has 5 aromatic carbocycles. The summed E-state index contributed by atoms with van der Waals surface area (Å²) in [5.41, 5.74) is 5.92. The van der Waals surface area contributed by atoms with Crippen molar-refractivity contribution in [3.05, 3.63) is 143 Å². The summed E-state index contributed by atoms with van der Waals surface area (Å²) in [6.45, 7) is 4.50. The van der Waals surface area contributed by atoms with E-state index in [0.29, 0.717) is 4.90 Å². The van der Waals surface area contributed by atoms with Crippen molar-refractivity contribution in [2.45, 2.75) is 83.0 Å². The molecule has 0 unspecified atom stereocenters. The first kappa shape index (κ1) is 37.5. The Morgan fingerprint density at radius 3 is 1.52 bits per heavy atom. The molecular weight excluding hydrogens is 695 g/mol. The van der Waals surface area contributed by atoms with Gasteiger partial charge in [-0.05, 0) is 125 Å². The third-order valence-corrected chi connectivity index (χ3v) is 12.0. The number of unbranched alkanes of at least 4 members (excludes halogenated alkanes) is 6. The largest absolute Gasteiger partial charge is 0.309 e. The van der Waals surface area contributed by atoms with Gasteiger partial charge in [0.1, 0.15) is 0 Å².